The van der Waals surface area contributed by atoms with Gasteiger partial charge in [0.05, 0.1) is 5.01 Å². The molecule has 0 bridgehead atoms. The smallest absolute Gasteiger partial charge is 0.356 e. The number of thiazole rings is 1. The Bertz CT molecular complexity index is 993. The molecule has 0 saturated carbocycles. The van der Waals surface area contributed by atoms with Crippen molar-refractivity contribution in [1.29, 1.82) is 0 Å². The summed E-state index contributed by atoms with van der Waals surface area (Å²) in [5.74, 6) is -0.372. The van der Waals surface area contributed by atoms with E-state index >= 15 is 0 Å². The number of nitrogens with zero attached hydrogens (tertiary/aromatic N) is 6. The summed E-state index contributed by atoms with van der Waals surface area (Å²) in [6, 6.07) is 0.882. The molecule has 0 aliphatic carbocycles. The standard InChI is InChI=1S/C15H12F6N6S/c16-14(17,18)9-4-11(27-13(25-9)22-7-23-27)26-3-1-2-8(5-26)12-24-10(6-28-12)15(19,20)21/h4,6-8H,1-3,5H2. The molecule has 1 saturated heterocycles. The van der Waals surface area contributed by atoms with Crippen molar-refractivity contribution >= 4 is 22.9 Å². The number of fused-ring (bicyclic) bond motifs is 1. The molecule has 1 unspecified atom stereocenters. The van der Waals surface area contributed by atoms with Gasteiger partial charge in [-0.25, -0.2) is 9.97 Å². The Hall–Kier alpha value is -2.44. The van der Waals surface area contributed by atoms with E-state index in [0.29, 0.717) is 24.4 Å². The highest BCUT2D eigenvalue weighted by atomic mass is 32.1. The molecule has 0 N–H and O–H groups in total. The minimum atomic E-state index is -4.66. The lowest BCUT2D eigenvalue weighted by Crippen LogP contribution is -2.36. The fourth-order valence-electron chi connectivity index (χ4n) is 3.16. The van der Waals surface area contributed by atoms with E-state index < -0.39 is 23.7 Å². The van der Waals surface area contributed by atoms with Crippen LogP contribution in [0.1, 0.15) is 35.2 Å². The van der Waals surface area contributed by atoms with E-state index in [-0.39, 0.29) is 24.1 Å². The molecule has 3 aromatic heterocycles. The zero-order valence-electron chi connectivity index (χ0n) is 14.0. The van der Waals surface area contributed by atoms with Crippen LogP contribution in [0, 0.1) is 0 Å². The van der Waals surface area contributed by atoms with E-state index in [0.717, 1.165) is 29.1 Å². The van der Waals surface area contributed by atoms with Crippen molar-refractivity contribution in [2.24, 2.45) is 0 Å². The summed E-state index contributed by atoms with van der Waals surface area (Å²) in [5, 5.41) is 5.20. The monoisotopic (exact) mass is 422 g/mol. The van der Waals surface area contributed by atoms with Crippen LogP contribution in [0.4, 0.5) is 32.2 Å². The number of alkyl halides is 6. The van der Waals surface area contributed by atoms with Gasteiger partial charge in [-0.05, 0) is 12.8 Å². The molecule has 150 valence electrons. The second-order valence-electron chi connectivity index (χ2n) is 6.32. The van der Waals surface area contributed by atoms with Gasteiger partial charge in [-0.1, -0.05) is 0 Å². The van der Waals surface area contributed by atoms with Crippen LogP contribution >= 0.6 is 11.3 Å². The highest BCUT2D eigenvalue weighted by Gasteiger charge is 2.37. The van der Waals surface area contributed by atoms with Crippen LogP contribution in [0.25, 0.3) is 5.78 Å². The zero-order valence-corrected chi connectivity index (χ0v) is 14.8. The fourth-order valence-corrected chi connectivity index (χ4v) is 4.11. The lowest BCUT2D eigenvalue weighted by molar-refractivity contribution is -0.141. The number of halogens is 6. The minimum absolute atomic E-state index is 0.145. The Morgan fingerprint density at radius 1 is 1.04 bits per heavy atom. The molecule has 0 spiro atoms. The van der Waals surface area contributed by atoms with Crippen LogP contribution in [0.3, 0.4) is 0 Å². The fraction of sp³-hybridized carbons (Fsp3) is 0.467. The summed E-state index contributed by atoms with van der Waals surface area (Å²) in [6.45, 7) is 0.658. The van der Waals surface area contributed by atoms with Gasteiger partial charge < -0.3 is 4.90 Å². The Labute approximate surface area is 157 Å². The molecule has 0 amide bonds. The van der Waals surface area contributed by atoms with E-state index in [1.165, 1.54) is 4.52 Å². The number of piperidine rings is 1. The summed E-state index contributed by atoms with van der Waals surface area (Å²) in [6.07, 6.45) is -6.90. The van der Waals surface area contributed by atoms with Crippen LogP contribution in [-0.4, -0.2) is 37.7 Å². The summed E-state index contributed by atoms with van der Waals surface area (Å²) < 4.78 is 79.1. The van der Waals surface area contributed by atoms with Crippen molar-refractivity contribution in [3.05, 3.63) is 34.2 Å². The maximum absolute atomic E-state index is 13.2. The Kier molecular flexibility index (Phi) is 4.43. The molecule has 1 aliphatic rings. The van der Waals surface area contributed by atoms with Gasteiger partial charge in [0, 0.05) is 30.5 Å². The third-order valence-corrected chi connectivity index (χ3v) is 5.44. The number of rotatable bonds is 2. The molecule has 4 rings (SSSR count). The lowest BCUT2D eigenvalue weighted by atomic mass is 9.98. The Balaban J connectivity index is 1.67. The summed E-state index contributed by atoms with van der Waals surface area (Å²) >= 11 is 0.908. The maximum Gasteiger partial charge on any atom is 0.434 e. The second kappa shape index (κ2) is 6.57. The van der Waals surface area contributed by atoms with Gasteiger partial charge in [-0.2, -0.15) is 40.9 Å². The molecular formula is C15H12F6N6S. The number of hydrogen-bond donors (Lipinski definition) is 0. The number of aromatic nitrogens is 5. The minimum Gasteiger partial charge on any atom is -0.356 e. The van der Waals surface area contributed by atoms with Gasteiger partial charge in [0.15, 0.2) is 11.4 Å². The normalized spacial score (nSPS) is 18.8. The van der Waals surface area contributed by atoms with Crippen molar-refractivity contribution in [2.45, 2.75) is 31.1 Å². The van der Waals surface area contributed by atoms with Crippen LogP contribution in [0.2, 0.25) is 0 Å². The van der Waals surface area contributed by atoms with Gasteiger partial charge >= 0.3 is 12.4 Å². The van der Waals surface area contributed by atoms with Crippen LogP contribution < -0.4 is 4.90 Å². The van der Waals surface area contributed by atoms with E-state index in [1.54, 1.807) is 4.90 Å². The first kappa shape index (κ1) is 18.9. The molecule has 1 aliphatic heterocycles. The summed E-state index contributed by atoms with van der Waals surface area (Å²) in [7, 11) is 0. The molecule has 3 aromatic rings. The van der Waals surface area contributed by atoms with Crippen LogP contribution in [0.15, 0.2) is 17.8 Å². The van der Waals surface area contributed by atoms with Gasteiger partial charge in [-0.3, -0.25) is 0 Å². The van der Waals surface area contributed by atoms with E-state index in [4.69, 9.17) is 0 Å². The first-order valence-corrected chi connectivity index (χ1v) is 9.06. The molecule has 1 fully saturated rings. The molecule has 28 heavy (non-hydrogen) atoms. The Morgan fingerprint density at radius 3 is 2.46 bits per heavy atom. The van der Waals surface area contributed by atoms with Gasteiger partial charge in [0.2, 0.25) is 0 Å². The summed E-state index contributed by atoms with van der Waals surface area (Å²) in [5.41, 5.74) is -2.05. The van der Waals surface area contributed by atoms with Crippen LogP contribution in [0.5, 0.6) is 0 Å². The maximum atomic E-state index is 13.2. The van der Waals surface area contributed by atoms with E-state index in [9.17, 15) is 26.3 Å². The Morgan fingerprint density at radius 2 is 1.79 bits per heavy atom. The second-order valence-corrected chi connectivity index (χ2v) is 7.21. The molecule has 13 heteroatoms. The number of anilines is 1. The van der Waals surface area contributed by atoms with Gasteiger partial charge in [-0.15, -0.1) is 11.3 Å². The molecule has 0 aromatic carbocycles. The predicted molar refractivity (Wildman–Crippen MR) is 87.1 cm³/mol. The zero-order chi connectivity index (χ0) is 20.1. The topological polar surface area (TPSA) is 59.2 Å². The lowest BCUT2D eigenvalue weighted by Gasteiger charge is -2.33. The third kappa shape index (κ3) is 3.50. The third-order valence-electron chi connectivity index (χ3n) is 4.43. The highest BCUT2D eigenvalue weighted by Crippen LogP contribution is 2.37. The van der Waals surface area contributed by atoms with Gasteiger partial charge in [0.1, 0.15) is 12.1 Å². The molecule has 1 atom stereocenters. The quantitative estimate of drug-likeness (QED) is 0.585. The van der Waals surface area contributed by atoms with Crippen molar-refractivity contribution < 1.29 is 26.3 Å². The SMILES string of the molecule is FC(F)(F)c1csc(C2CCCN(c3cc(C(F)(F)F)nc4ncnn34)C2)n1. The van der Waals surface area contributed by atoms with Gasteiger partial charge in [0.25, 0.3) is 5.78 Å². The van der Waals surface area contributed by atoms with Crippen molar-refractivity contribution in [2.75, 3.05) is 18.0 Å². The predicted octanol–water partition coefficient (Wildman–Crippen LogP) is 4.00. The largest absolute Gasteiger partial charge is 0.434 e. The average Bonchev–Trinajstić information content (AvgIpc) is 3.29. The summed E-state index contributed by atoms with van der Waals surface area (Å²) in [4.78, 5) is 12.5. The van der Waals surface area contributed by atoms with Crippen molar-refractivity contribution in [3.8, 4) is 0 Å². The molecule has 4 heterocycles. The highest BCUT2D eigenvalue weighted by molar-refractivity contribution is 7.09. The van der Waals surface area contributed by atoms with E-state index in [1.807, 2.05) is 0 Å². The first-order valence-electron chi connectivity index (χ1n) is 8.18. The first-order chi connectivity index (χ1) is 13.1. The number of hydrogen-bond acceptors (Lipinski definition) is 6. The van der Waals surface area contributed by atoms with Crippen LogP contribution in [-0.2, 0) is 12.4 Å². The average molecular weight is 422 g/mol. The van der Waals surface area contributed by atoms with Crippen molar-refractivity contribution in [1.82, 2.24) is 24.6 Å². The molecular weight excluding hydrogens is 410 g/mol. The molecule has 6 nitrogen and oxygen atoms in total. The van der Waals surface area contributed by atoms with Crippen molar-refractivity contribution in [3.63, 3.8) is 0 Å². The molecule has 0 radical (unpaired) electrons. The van der Waals surface area contributed by atoms with E-state index in [2.05, 4.69) is 20.1 Å².